The summed E-state index contributed by atoms with van der Waals surface area (Å²) in [7, 11) is 0. The first-order chi connectivity index (χ1) is 9.74. The molecule has 0 saturated heterocycles. The second-order valence-electron chi connectivity index (χ2n) is 4.45. The molecule has 2 aromatic carbocycles. The number of hydrogen-bond acceptors (Lipinski definition) is 2. The van der Waals surface area contributed by atoms with Crippen LogP contribution in [0.1, 0.15) is 11.1 Å². The second kappa shape index (κ2) is 7.88. The van der Waals surface area contributed by atoms with Gasteiger partial charge in [0.15, 0.2) is 0 Å². The van der Waals surface area contributed by atoms with Gasteiger partial charge in [0.25, 0.3) is 0 Å². The van der Waals surface area contributed by atoms with Gasteiger partial charge in [0.1, 0.15) is 4.99 Å². The summed E-state index contributed by atoms with van der Waals surface area (Å²) < 4.78 is 0. The normalized spacial score (nSPS) is 10.7. The van der Waals surface area contributed by atoms with Crippen molar-refractivity contribution in [2.75, 3.05) is 5.32 Å². The van der Waals surface area contributed by atoms with Gasteiger partial charge in [0.2, 0.25) is 0 Å². The highest BCUT2D eigenvalue weighted by Gasteiger charge is 1.94. The highest BCUT2D eigenvalue weighted by atomic mass is 32.2. The van der Waals surface area contributed by atoms with Crippen LogP contribution in [0.3, 0.4) is 0 Å². The lowest BCUT2D eigenvalue weighted by molar-refractivity contribution is 1.42. The van der Waals surface area contributed by atoms with E-state index in [0.717, 1.165) is 16.4 Å². The maximum Gasteiger partial charge on any atom is 0.104 e. The number of rotatable bonds is 5. The highest BCUT2D eigenvalue weighted by Crippen LogP contribution is 2.13. The Bertz CT molecular complexity index is 574. The standard InChI is InChI=1S/C17H17NS2/c1-14-7-9-16(10-8-14)18-17(19)11-12-20-13-15-5-3-2-4-6-15/h2-12H,13H2,1H3,(H,18,19). The van der Waals surface area contributed by atoms with Gasteiger partial charge in [0.05, 0.1) is 0 Å². The summed E-state index contributed by atoms with van der Waals surface area (Å²) in [6.07, 6.45) is 1.93. The molecule has 0 spiro atoms. The van der Waals surface area contributed by atoms with Crippen LogP contribution in [-0.2, 0) is 5.75 Å². The van der Waals surface area contributed by atoms with Crippen LogP contribution < -0.4 is 5.32 Å². The molecular weight excluding hydrogens is 282 g/mol. The summed E-state index contributed by atoms with van der Waals surface area (Å²) in [6, 6.07) is 18.6. The van der Waals surface area contributed by atoms with Crippen LogP contribution in [0.15, 0.2) is 66.1 Å². The molecule has 0 unspecified atom stereocenters. The van der Waals surface area contributed by atoms with Gasteiger partial charge in [-0.2, -0.15) is 0 Å². The first kappa shape index (κ1) is 14.8. The fraction of sp³-hybridized carbons (Fsp3) is 0.118. The Morgan fingerprint density at radius 3 is 2.50 bits per heavy atom. The average Bonchev–Trinajstić information content (AvgIpc) is 2.47. The molecule has 0 aliphatic heterocycles. The zero-order valence-electron chi connectivity index (χ0n) is 11.4. The van der Waals surface area contributed by atoms with Gasteiger partial charge < -0.3 is 5.32 Å². The summed E-state index contributed by atoms with van der Waals surface area (Å²) in [5.41, 5.74) is 3.59. The topological polar surface area (TPSA) is 12.0 Å². The van der Waals surface area contributed by atoms with Gasteiger partial charge in [-0.05, 0) is 36.1 Å². The van der Waals surface area contributed by atoms with Crippen LogP contribution in [0.25, 0.3) is 0 Å². The third-order valence-electron chi connectivity index (χ3n) is 2.73. The van der Waals surface area contributed by atoms with Crippen LogP contribution in [0.5, 0.6) is 0 Å². The Labute approximate surface area is 130 Å². The van der Waals surface area contributed by atoms with Crippen molar-refractivity contribution >= 4 is 34.7 Å². The molecule has 2 aromatic rings. The quantitative estimate of drug-likeness (QED) is 0.603. The van der Waals surface area contributed by atoms with E-state index in [-0.39, 0.29) is 0 Å². The van der Waals surface area contributed by atoms with Gasteiger partial charge >= 0.3 is 0 Å². The fourth-order valence-electron chi connectivity index (χ4n) is 1.65. The van der Waals surface area contributed by atoms with Crippen molar-refractivity contribution in [3.63, 3.8) is 0 Å². The molecule has 0 aliphatic carbocycles. The molecule has 2 rings (SSSR count). The van der Waals surface area contributed by atoms with Crippen molar-refractivity contribution < 1.29 is 0 Å². The molecule has 0 fully saturated rings. The van der Waals surface area contributed by atoms with E-state index in [0.29, 0.717) is 0 Å². The number of hydrogen-bond donors (Lipinski definition) is 1. The van der Waals surface area contributed by atoms with E-state index < -0.39 is 0 Å². The molecule has 3 heteroatoms. The maximum atomic E-state index is 5.29. The van der Waals surface area contributed by atoms with Gasteiger partial charge in [-0.15, -0.1) is 11.8 Å². The number of thiocarbonyl (C=S) groups is 1. The summed E-state index contributed by atoms with van der Waals surface area (Å²) in [4.78, 5) is 0.731. The van der Waals surface area contributed by atoms with E-state index in [1.165, 1.54) is 11.1 Å². The lowest BCUT2D eigenvalue weighted by Gasteiger charge is -2.04. The SMILES string of the molecule is Cc1ccc(NC(=S)C=CSCc2ccccc2)cc1. The maximum absolute atomic E-state index is 5.29. The molecule has 20 heavy (non-hydrogen) atoms. The molecule has 0 aromatic heterocycles. The van der Waals surface area contributed by atoms with Gasteiger partial charge in [0, 0.05) is 11.4 Å². The molecule has 0 radical (unpaired) electrons. The van der Waals surface area contributed by atoms with Gasteiger partial charge in [-0.3, -0.25) is 0 Å². The molecule has 1 nitrogen and oxygen atoms in total. The molecule has 0 aliphatic rings. The summed E-state index contributed by atoms with van der Waals surface area (Å²) in [5.74, 6) is 0.963. The highest BCUT2D eigenvalue weighted by molar-refractivity contribution is 8.01. The lowest BCUT2D eigenvalue weighted by atomic mass is 10.2. The van der Waals surface area contributed by atoms with Crippen molar-refractivity contribution in [1.82, 2.24) is 0 Å². The molecular formula is C17H17NS2. The fourth-order valence-corrected chi connectivity index (χ4v) is 2.63. The first-order valence-corrected chi connectivity index (χ1v) is 7.89. The van der Waals surface area contributed by atoms with E-state index in [1.807, 2.05) is 29.7 Å². The molecule has 0 heterocycles. The van der Waals surface area contributed by atoms with Gasteiger partial charge in [-0.25, -0.2) is 0 Å². The van der Waals surface area contributed by atoms with Crippen LogP contribution in [0.2, 0.25) is 0 Å². The second-order valence-corrected chi connectivity index (χ2v) is 5.79. The van der Waals surface area contributed by atoms with E-state index in [1.54, 1.807) is 11.8 Å². The minimum atomic E-state index is 0.731. The van der Waals surface area contributed by atoms with E-state index in [2.05, 4.69) is 48.6 Å². The Hall–Kier alpha value is -1.58. The largest absolute Gasteiger partial charge is 0.347 e. The minimum Gasteiger partial charge on any atom is -0.347 e. The molecule has 0 bridgehead atoms. The Balaban J connectivity index is 1.76. The summed E-state index contributed by atoms with van der Waals surface area (Å²) >= 11 is 7.03. The van der Waals surface area contributed by atoms with Crippen molar-refractivity contribution in [2.45, 2.75) is 12.7 Å². The third-order valence-corrected chi connectivity index (χ3v) is 3.79. The number of aryl methyl sites for hydroxylation is 1. The molecule has 1 N–H and O–H groups in total. The van der Waals surface area contributed by atoms with Gasteiger partial charge in [-0.1, -0.05) is 60.2 Å². The third kappa shape index (κ3) is 5.19. The van der Waals surface area contributed by atoms with Crippen molar-refractivity contribution in [1.29, 1.82) is 0 Å². The van der Waals surface area contributed by atoms with Crippen LogP contribution >= 0.6 is 24.0 Å². The van der Waals surface area contributed by atoms with E-state index in [9.17, 15) is 0 Å². The van der Waals surface area contributed by atoms with Crippen LogP contribution in [-0.4, -0.2) is 4.99 Å². The Morgan fingerprint density at radius 1 is 1.10 bits per heavy atom. The van der Waals surface area contributed by atoms with Crippen molar-refractivity contribution in [3.05, 3.63) is 77.2 Å². The molecule has 102 valence electrons. The Kier molecular flexibility index (Phi) is 5.84. The first-order valence-electron chi connectivity index (χ1n) is 6.44. The minimum absolute atomic E-state index is 0.731. The lowest BCUT2D eigenvalue weighted by Crippen LogP contribution is -2.04. The predicted octanol–water partition coefficient (Wildman–Crippen LogP) is 5.18. The predicted molar refractivity (Wildman–Crippen MR) is 94.3 cm³/mol. The summed E-state index contributed by atoms with van der Waals surface area (Å²) in [5, 5.41) is 5.24. The number of benzene rings is 2. The van der Waals surface area contributed by atoms with Crippen LogP contribution in [0, 0.1) is 6.92 Å². The smallest absolute Gasteiger partial charge is 0.104 e. The van der Waals surface area contributed by atoms with Crippen molar-refractivity contribution in [2.24, 2.45) is 0 Å². The van der Waals surface area contributed by atoms with E-state index in [4.69, 9.17) is 12.2 Å². The number of nitrogens with one attached hydrogen (secondary N) is 1. The van der Waals surface area contributed by atoms with Crippen molar-refractivity contribution in [3.8, 4) is 0 Å². The van der Waals surface area contributed by atoms with Crippen LogP contribution in [0.4, 0.5) is 5.69 Å². The average molecular weight is 299 g/mol. The molecule has 0 atom stereocenters. The zero-order valence-corrected chi connectivity index (χ0v) is 13.0. The zero-order chi connectivity index (χ0) is 14.2. The molecule has 0 amide bonds. The molecule has 0 saturated carbocycles. The number of anilines is 1. The van der Waals surface area contributed by atoms with E-state index >= 15 is 0 Å². The monoisotopic (exact) mass is 299 g/mol. The number of thioether (sulfide) groups is 1. The Morgan fingerprint density at radius 2 is 1.80 bits per heavy atom. The summed E-state index contributed by atoms with van der Waals surface area (Å²) in [6.45, 7) is 2.07.